The Kier molecular flexibility index (Phi) is 5.08. The summed E-state index contributed by atoms with van der Waals surface area (Å²) in [5.41, 5.74) is 1.11. The van der Waals surface area contributed by atoms with Gasteiger partial charge in [0.2, 0.25) is 5.88 Å². The summed E-state index contributed by atoms with van der Waals surface area (Å²) in [6.07, 6.45) is 6.07. The van der Waals surface area contributed by atoms with Crippen molar-refractivity contribution >= 4 is 0 Å². The Labute approximate surface area is 131 Å². The maximum Gasteiger partial charge on any atom is 0.217 e. The summed E-state index contributed by atoms with van der Waals surface area (Å²) in [7, 11) is 1.67. The molecule has 5 heteroatoms. The third-order valence-corrected chi connectivity index (χ3v) is 4.50. The number of pyridine rings is 1. The van der Waals surface area contributed by atoms with Crippen LogP contribution in [0.1, 0.15) is 18.4 Å². The van der Waals surface area contributed by atoms with E-state index in [1.807, 2.05) is 6.07 Å². The van der Waals surface area contributed by atoms with Gasteiger partial charge in [-0.3, -0.25) is 4.90 Å². The van der Waals surface area contributed by atoms with E-state index >= 15 is 0 Å². The van der Waals surface area contributed by atoms with Crippen LogP contribution in [0.15, 0.2) is 31.0 Å². The molecule has 0 radical (unpaired) electrons. The van der Waals surface area contributed by atoms with Crippen molar-refractivity contribution in [3.63, 3.8) is 0 Å². The van der Waals surface area contributed by atoms with E-state index in [9.17, 15) is 0 Å². The molecular formula is C17H24N2O3. The monoisotopic (exact) mass is 304 g/mol. The standard InChI is InChI=1S/C17H24N2O3/c1-3-10-22-16-14-6-7-15(16)21-11-9-19(14)12-13-5-4-8-18-17(13)20-2/h3-5,8,14-16H,1,6-7,9-12H2,2H3. The summed E-state index contributed by atoms with van der Waals surface area (Å²) in [5.74, 6) is 0.700. The quantitative estimate of drug-likeness (QED) is 0.752. The summed E-state index contributed by atoms with van der Waals surface area (Å²) in [6, 6.07) is 4.41. The number of ether oxygens (including phenoxy) is 3. The minimum absolute atomic E-state index is 0.128. The van der Waals surface area contributed by atoms with Crippen LogP contribution in [0.4, 0.5) is 0 Å². The maximum atomic E-state index is 5.99. The Morgan fingerprint density at radius 3 is 3.23 bits per heavy atom. The van der Waals surface area contributed by atoms with Crippen LogP contribution in [0.5, 0.6) is 5.88 Å². The minimum atomic E-state index is 0.128. The van der Waals surface area contributed by atoms with E-state index in [-0.39, 0.29) is 12.2 Å². The van der Waals surface area contributed by atoms with Crippen molar-refractivity contribution in [2.75, 3.05) is 26.9 Å². The van der Waals surface area contributed by atoms with Crippen molar-refractivity contribution in [3.05, 3.63) is 36.5 Å². The average molecular weight is 304 g/mol. The highest BCUT2D eigenvalue weighted by molar-refractivity contribution is 5.25. The number of methoxy groups -OCH3 is 1. The van der Waals surface area contributed by atoms with Crippen LogP contribution in [0.25, 0.3) is 0 Å². The summed E-state index contributed by atoms with van der Waals surface area (Å²) in [6.45, 7) is 6.79. The molecule has 1 aromatic rings. The van der Waals surface area contributed by atoms with Crippen molar-refractivity contribution < 1.29 is 14.2 Å². The molecule has 0 spiro atoms. The molecule has 3 rings (SSSR count). The number of fused-ring (bicyclic) bond motifs is 2. The van der Waals surface area contributed by atoms with Gasteiger partial charge in [0.1, 0.15) is 0 Å². The van der Waals surface area contributed by atoms with Gasteiger partial charge in [0.25, 0.3) is 0 Å². The lowest BCUT2D eigenvalue weighted by Crippen LogP contribution is -2.43. The van der Waals surface area contributed by atoms with E-state index in [2.05, 4.69) is 22.5 Å². The first kappa shape index (κ1) is 15.5. The molecular weight excluding hydrogens is 280 g/mol. The van der Waals surface area contributed by atoms with E-state index in [1.165, 1.54) is 0 Å². The fourth-order valence-corrected chi connectivity index (χ4v) is 3.51. The highest BCUT2D eigenvalue weighted by Crippen LogP contribution is 2.33. The molecule has 1 saturated heterocycles. The van der Waals surface area contributed by atoms with Gasteiger partial charge < -0.3 is 14.2 Å². The number of aromatic nitrogens is 1. The van der Waals surface area contributed by atoms with Crippen LogP contribution in [-0.4, -0.2) is 55.0 Å². The summed E-state index contributed by atoms with van der Waals surface area (Å²) in [5, 5.41) is 0. The second-order valence-electron chi connectivity index (χ2n) is 5.78. The molecule has 1 aromatic heterocycles. The van der Waals surface area contributed by atoms with Crippen molar-refractivity contribution in [2.24, 2.45) is 0 Å². The molecule has 1 aliphatic carbocycles. The Morgan fingerprint density at radius 1 is 1.50 bits per heavy atom. The number of rotatable bonds is 6. The minimum Gasteiger partial charge on any atom is -0.481 e. The van der Waals surface area contributed by atoms with Crippen LogP contribution in [0.3, 0.4) is 0 Å². The normalized spacial score (nSPS) is 28.3. The smallest absolute Gasteiger partial charge is 0.217 e. The van der Waals surface area contributed by atoms with Gasteiger partial charge in [-0.15, -0.1) is 6.58 Å². The zero-order chi connectivity index (χ0) is 15.4. The lowest BCUT2D eigenvalue weighted by molar-refractivity contribution is -0.0447. The van der Waals surface area contributed by atoms with Gasteiger partial charge in [-0.25, -0.2) is 4.98 Å². The molecule has 2 aliphatic rings. The van der Waals surface area contributed by atoms with E-state index in [0.29, 0.717) is 18.5 Å². The molecule has 0 N–H and O–H groups in total. The first-order valence-electron chi connectivity index (χ1n) is 7.89. The molecule has 1 aliphatic heterocycles. The fourth-order valence-electron chi connectivity index (χ4n) is 3.51. The Hall–Kier alpha value is -1.43. The van der Waals surface area contributed by atoms with Gasteiger partial charge in [-0.1, -0.05) is 12.1 Å². The zero-order valence-electron chi connectivity index (χ0n) is 13.1. The first-order chi connectivity index (χ1) is 10.8. The topological polar surface area (TPSA) is 43.8 Å². The van der Waals surface area contributed by atoms with Gasteiger partial charge in [0.15, 0.2) is 0 Å². The van der Waals surface area contributed by atoms with Gasteiger partial charge in [-0.2, -0.15) is 0 Å². The Morgan fingerprint density at radius 2 is 2.41 bits per heavy atom. The molecule has 0 amide bonds. The van der Waals surface area contributed by atoms with E-state index in [0.717, 1.165) is 38.1 Å². The van der Waals surface area contributed by atoms with Gasteiger partial charge >= 0.3 is 0 Å². The average Bonchev–Trinajstić information content (AvgIpc) is 2.86. The van der Waals surface area contributed by atoms with Gasteiger partial charge in [0.05, 0.1) is 32.5 Å². The van der Waals surface area contributed by atoms with Crippen LogP contribution in [0.2, 0.25) is 0 Å². The zero-order valence-corrected chi connectivity index (χ0v) is 13.1. The largest absolute Gasteiger partial charge is 0.481 e. The Balaban J connectivity index is 1.76. The van der Waals surface area contributed by atoms with Crippen molar-refractivity contribution in [3.8, 4) is 5.88 Å². The molecule has 3 atom stereocenters. The van der Waals surface area contributed by atoms with Crippen LogP contribution < -0.4 is 4.74 Å². The van der Waals surface area contributed by atoms with Crippen molar-refractivity contribution in [1.82, 2.24) is 9.88 Å². The Bertz CT molecular complexity index is 508. The first-order valence-corrected chi connectivity index (χ1v) is 7.89. The number of hydrogen-bond acceptors (Lipinski definition) is 5. The summed E-state index contributed by atoms with van der Waals surface area (Å²) in [4.78, 5) is 6.74. The maximum absolute atomic E-state index is 5.99. The number of nitrogens with zero attached hydrogens (tertiary/aromatic N) is 2. The van der Waals surface area contributed by atoms with Gasteiger partial charge in [-0.05, 0) is 18.9 Å². The molecule has 1 saturated carbocycles. The van der Waals surface area contributed by atoms with E-state index < -0.39 is 0 Å². The van der Waals surface area contributed by atoms with Crippen molar-refractivity contribution in [1.29, 1.82) is 0 Å². The molecule has 2 fully saturated rings. The second kappa shape index (κ2) is 7.22. The molecule has 3 unspecified atom stereocenters. The highest BCUT2D eigenvalue weighted by Gasteiger charge is 2.42. The third-order valence-electron chi connectivity index (χ3n) is 4.50. The van der Waals surface area contributed by atoms with E-state index in [1.54, 1.807) is 19.4 Å². The molecule has 5 nitrogen and oxygen atoms in total. The predicted octanol–water partition coefficient (Wildman–Crippen LogP) is 2.02. The number of hydrogen-bond donors (Lipinski definition) is 0. The highest BCUT2D eigenvalue weighted by atomic mass is 16.5. The second-order valence-corrected chi connectivity index (χ2v) is 5.78. The fraction of sp³-hybridized carbons (Fsp3) is 0.588. The SMILES string of the molecule is C=CCOC1C2CCC1N(Cc1cccnc1OC)CCO2. The van der Waals surface area contributed by atoms with E-state index in [4.69, 9.17) is 14.2 Å². The van der Waals surface area contributed by atoms with Crippen molar-refractivity contribution in [2.45, 2.75) is 37.6 Å². The van der Waals surface area contributed by atoms with Crippen LogP contribution in [0, 0.1) is 0 Å². The molecule has 22 heavy (non-hydrogen) atoms. The lowest BCUT2D eigenvalue weighted by Gasteiger charge is -2.31. The lowest BCUT2D eigenvalue weighted by atomic mass is 10.1. The molecule has 120 valence electrons. The summed E-state index contributed by atoms with van der Waals surface area (Å²) < 4.78 is 17.3. The van der Waals surface area contributed by atoms with Crippen LogP contribution in [-0.2, 0) is 16.0 Å². The molecule has 2 heterocycles. The predicted molar refractivity (Wildman–Crippen MR) is 83.9 cm³/mol. The molecule has 2 bridgehead atoms. The summed E-state index contributed by atoms with van der Waals surface area (Å²) >= 11 is 0. The van der Waals surface area contributed by atoms with Crippen LogP contribution >= 0.6 is 0 Å². The molecule has 0 aromatic carbocycles. The third kappa shape index (κ3) is 3.16. The van der Waals surface area contributed by atoms with Gasteiger partial charge in [0, 0.05) is 30.9 Å².